The first-order chi connectivity index (χ1) is 34.5. The molecule has 0 amide bonds. The number of ether oxygens (including phenoxy) is 2. The molecule has 1 fully saturated rings. The summed E-state index contributed by atoms with van der Waals surface area (Å²) in [4.78, 5) is 27.5. The van der Waals surface area contributed by atoms with Crippen LogP contribution in [-0.4, -0.2) is 99.3 Å². The molecule has 11 nitrogen and oxygen atoms in total. The molecule has 5 aromatic carbocycles. The number of nitrogens with zero attached hydrogens (tertiary/aromatic N) is 1. The second-order valence-electron chi connectivity index (χ2n) is 19.2. The third kappa shape index (κ3) is 19.2. The zero-order chi connectivity index (χ0) is 53.5. The van der Waals surface area contributed by atoms with Crippen LogP contribution in [-0.2, 0) is 46.2 Å². The largest absolute Gasteiger partial charge is 0.466 e. The van der Waals surface area contributed by atoms with Crippen LogP contribution in [0.5, 0.6) is 0 Å². The molecule has 5 aromatic rings. The maximum absolute atomic E-state index is 14.3. The molecule has 0 bridgehead atoms. The Morgan fingerprint density at radius 1 is 0.712 bits per heavy atom. The first-order valence-electron chi connectivity index (χ1n) is 24.4. The van der Waals surface area contributed by atoms with Gasteiger partial charge in [0.05, 0.1) is 42.2 Å². The Morgan fingerprint density at radius 3 is 1.55 bits per heavy atom. The Hall–Kier alpha value is -4.16. The number of carbonyl (C=O) groups is 2. The highest BCUT2D eigenvalue weighted by atomic mass is 79.9. The minimum absolute atomic E-state index is 0.0231. The molecule has 1 aliphatic heterocycles. The lowest BCUT2D eigenvalue weighted by Gasteiger charge is -2.45. The van der Waals surface area contributed by atoms with E-state index in [1.807, 2.05) is 36.4 Å². The molecule has 1 aliphatic rings. The summed E-state index contributed by atoms with van der Waals surface area (Å²) < 4.78 is 70.5. The Kier molecular flexibility index (Phi) is 23.0. The highest BCUT2D eigenvalue weighted by molar-refractivity contribution is 9.10. The van der Waals surface area contributed by atoms with Crippen LogP contribution >= 0.6 is 39.1 Å². The number of β-amino-alcohol motifs (C(OH)–C–C–N with tert-alkyl or cyclic N) is 1. The van der Waals surface area contributed by atoms with Gasteiger partial charge in [0, 0.05) is 45.3 Å². The fourth-order valence-corrected chi connectivity index (χ4v) is 10.8. The third-order valence-electron chi connectivity index (χ3n) is 12.4. The topological polar surface area (TPSA) is 160 Å². The van der Waals surface area contributed by atoms with Gasteiger partial charge >= 0.3 is 11.9 Å². The molecule has 3 N–H and O–H groups in total. The van der Waals surface area contributed by atoms with E-state index in [9.17, 15) is 41.9 Å². The second-order valence-corrected chi connectivity index (χ2v) is 22.6. The fourth-order valence-electron chi connectivity index (χ4n) is 9.24. The van der Waals surface area contributed by atoms with E-state index in [0.29, 0.717) is 84.9 Å². The predicted octanol–water partition coefficient (Wildman–Crippen LogP) is 11.2. The van der Waals surface area contributed by atoms with Crippen molar-refractivity contribution >= 4 is 75.0 Å². The van der Waals surface area contributed by atoms with E-state index in [-0.39, 0.29) is 59.9 Å². The first-order valence-corrected chi connectivity index (χ1v) is 27.4. The van der Waals surface area contributed by atoms with Crippen LogP contribution < -0.4 is 0 Å². The van der Waals surface area contributed by atoms with Crippen LogP contribution in [0.25, 0.3) is 22.3 Å². The van der Waals surface area contributed by atoms with Crippen molar-refractivity contribution in [2.75, 3.05) is 39.5 Å². The number of likely N-dealkylation sites (tertiary alicyclic amines) is 1. The van der Waals surface area contributed by atoms with Crippen LogP contribution in [0.2, 0.25) is 36.3 Å². The average Bonchev–Trinajstić information content (AvgIpc) is 3.31. The summed E-state index contributed by atoms with van der Waals surface area (Å²) in [7, 11) is -4.09. The van der Waals surface area contributed by atoms with Gasteiger partial charge in [0.25, 0.3) is 23.9 Å². The van der Waals surface area contributed by atoms with Crippen molar-refractivity contribution in [2.24, 2.45) is 23.7 Å². The summed E-state index contributed by atoms with van der Waals surface area (Å²) in [6.45, 7) is 9.17. The lowest BCUT2D eigenvalue weighted by atomic mass is 9.62. The number of carbonyl (C=O) groups excluding carboxylic acids is 2. The minimum atomic E-state index is -4.09. The highest BCUT2D eigenvalue weighted by Crippen LogP contribution is 2.32. The first kappa shape index (κ1) is 59.7. The van der Waals surface area contributed by atoms with Gasteiger partial charge in [-0.15, -0.1) is 0 Å². The standard InChI is InChI=1S/C28H30BBrClFO6S.C26H34BClFNO4/c1-3-37-28(33)22(18-38-39(35,36)25-11-8-23(30)9-12-25)15-20(17-29(2)34)14-19-4-6-21(7-5-19)26-16-24(31)10-13-27(26)32;1-4-34-25(31)21(15-30-16-26(2,32)17-30)12-19(14-27(3)33)11-18-5-7-20(8-6-18)23-13-22(28)9-10-24(23)29/h4-13,16,20,22,34H,3,14-15,17-18H2,1-2H3;5-10,13,19,21,32-33H,4,11-12,14-17H2,1-3H3/t20-,22+;19-,21+/m11/s1. The normalized spacial score (nSPS) is 14.9. The molecule has 1 saturated heterocycles. The minimum Gasteiger partial charge on any atom is -0.466 e. The molecular formula is C54H64B2BrCl2F2NO10S. The monoisotopic (exact) mass is 1130 g/mol. The van der Waals surface area contributed by atoms with Gasteiger partial charge in [-0.1, -0.05) is 101 Å². The van der Waals surface area contributed by atoms with Crippen molar-refractivity contribution in [1.82, 2.24) is 4.90 Å². The van der Waals surface area contributed by atoms with E-state index in [2.05, 4.69) is 20.8 Å². The summed E-state index contributed by atoms with van der Waals surface area (Å²) in [5.41, 5.74) is 3.51. The van der Waals surface area contributed by atoms with Crippen molar-refractivity contribution in [3.63, 3.8) is 0 Å². The van der Waals surface area contributed by atoms with Crippen LogP contribution in [0.1, 0.15) is 44.7 Å². The zero-order valence-corrected chi connectivity index (χ0v) is 45.7. The Morgan fingerprint density at radius 2 is 1.14 bits per heavy atom. The van der Waals surface area contributed by atoms with Crippen molar-refractivity contribution < 1.29 is 55.6 Å². The Bertz CT molecular complexity index is 2680. The zero-order valence-electron chi connectivity index (χ0n) is 41.8. The van der Waals surface area contributed by atoms with Crippen molar-refractivity contribution in [3.05, 3.63) is 146 Å². The van der Waals surface area contributed by atoms with Gasteiger partial charge in [-0.3, -0.25) is 18.7 Å². The maximum Gasteiger partial charge on any atom is 0.311 e. The molecule has 4 atom stereocenters. The Balaban J connectivity index is 0.000000273. The van der Waals surface area contributed by atoms with Gasteiger partial charge in [0.1, 0.15) is 11.6 Å². The third-order valence-corrected chi connectivity index (χ3v) is 14.7. The Labute approximate surface area is 448 Å². The summed E-state index contributed by atoms with van der Waals surface area (Å²) >= 11 is 15.3. The lowest BCUT2D eigenvalue weighted by Crippen LogP contribution is -2.61. The van der Waals surface area contributed by atoms with E-state index < -0.39 is 41.4 Å². The number of esters is 2. The van der Waals surface area contributed by atoms with E-state index >= 15 is 0 Å². The summed E-state index contributed by atoms with van der Waals surface area (Å²) in [6, 6.07) is 29.8. The van der Waals surface area contributed by atoms with E-state index in [1.54, 1.807) is 70.8 Å². The van der Waals surface area contributed by atoms with Crippen molar-refractivity contribution in [1.29, 1.82) is 0 Å². The predicted molar refractivity (Wildman–Crippen MR) is 289 cm³/mol. The quantitative estimate of drug-likeness (QED) is 0.0307. The fraction of sp³-hybridized carbons (Fsp3) is 0.407. The van der Waals surface area contributed by atoms with Gasteiger partial charge in [0.2, 0.25) is 0 Å². The van der Waals surface area contributed by atoms with Gasteiger partial charge < -0.3 is 24.6 Å². The van der Waals surface area contributed by atoms with E-state index in [1.165, 1.54) is 36.4 Å². The molecule has 0 aliphatic carbocycles. The smallest absolute Gasteiger partial charge is 0.311 e. The number of benzene rings is 5. The lowest BCUT2D eigenvalue weighted by molar-refractivity contribution is -0.152. The van der Waals surface area contributed by atoms with E-state index in [4.69, 9.17) is 36.9 Å². The number of rotatable bonds is 24. The molecule has 19 heteroatoms. The highest BCUT2D eigenvalue weighted by Gasteiger charge is 2.39. The number of aliphatic hydroxyl groups is 1. The average molecular weight is 1130 g/mol. The molecule has 73 heavy (non-hydrogen) atoms. The summed E-state index contributed by atoms with van der Waals surface area (Å²) in [5.74, 6) is -2.83. The molecule has 6 rings (SSSR count). The number of hydrogen-bond donors (Lipinski definition) is 3. The van der Waals surface area contributed by atoms with Crippen LogP contribution in [0.4, 0.5) is 8.78 Å². The second kappa shape index (κ2) is 28.1. The molecule has 0 radical (unpaired) electrons. The van der Waals surface area contributed by atoms with Crippen LogP contribution in [0.3, 0.4) is 0 Å². The van der Waals surface area contributed by atoms with Gasteiger partial charge in [0.15, 0.2) is 0 Å². The molecule has 0 aromatic heterocycles. The molecule has 0 spiro atoms. The molecule has 0 saturated carbocycles. The molecule has 392 valence electrons. The number of hydrogen-bond acceptors (Lipinski definition) is 11. The molecule has 1 heterocycles. The molecular weight excluding hydrogens is 1070 g/mol. The SMILES string of the molecule is CCOC(=O)[C@@H](C[C@H](CB(C)O)Cc1ccc(-c2cc(Cl)ccc2F)cc1)CN1CC(C)(O)C1.CCOC(=O)[C@H](COS(=O)(=O)c1ccc(Br)cc1)C[C@H](CB(C)O)Cc1ccc(-c2cc(Cl)ccc2F)cc1. The molecule has 0 unspecified atom stereocenters. The van der Waals surface area contributed by atoms with Crippen LogP contribution in [0.15, 0.2) is 119 Å². The maximum atomic E-state index is 14.3. The van der Waals surface area contributed by atoms with Crippen molar-refractivity contribution in [2.45, 2.75) is 83.2 Å². The summed E-state index contributed by atoms with van der Waals surface area (Å²) in [5, 5.41) is 31.2. The van der Waals surface area contributed by atoms with Gasteiger partial charge in [-0.2, -0.15) is 8.42 Å². The van der Waals surface area contributed by atoms with Crippen molar-refractivity contribution in [3.8, 4) is 22.3 Å². The van der Waals surface area contributed by atoms with Gasteiger partial charge in [-0.05, 0) is 154 Å². The van der Waals surface area contributed by atoms with Gasteiger partial charge in [-0.25, -0.2) is 8.78 Å². The van der Waals surface area contributed by atoms with E-state index in [0.717, 1.165) is 21.2 Å². The number of halogens is 5. The van der Waals surface area contributed by atoms with Crippen LogP contribution in [0, 0.1) is 35.3 Å². The summed E-state index contributed by atoms with van der Waals surface area (Å²) in [6.07, 6.45) is 2.92.